The summed E-state index contributed by atoms with van der Waals surface area (Å²) < 4.78 is 11.0. The molecule has 0 radical (unpaired) electrons. The SMILES string of the molecule is CCNC(=NCc1cc(CC)no1)NC1CC2CCC(C1)N2C(=O)OC(C)(C)C. The number of hydrogen-bond acceptors (Lipinski definition) is 5. The van der Waals surface area contributed by atoms with Crippen LogP contribution in [0, 0.1) is 0 Å². The highest BCUT2D eigenvalue weighted by molar-refractivity contribution is 5.80. The molecule has 162 valence electrons. The lowest BCUT2D eigenvalue weighted by Crippen LogP contribution is -2.55. The van der Waals surface area contributed by atoms with Crippen molar-refractivity contribution in [2.75, 3.05) is 6.54 Å². The number of amides is 1. The van der Waals surface area contributed by atoms with Crippen molar-refractivity contribution in [2.24, 2.45) is 4.99 Å². The molecule has 2 fully saturated rings. The number of carbonyl (C=O) groups is 1. The fraction of sp³-hybridized carbons (Fsp3) is 0.762. The van der Waals surface area contributed by atoms with Gasteiger partial charge in [0.1, 0.15) is 12.1 Å². The van der Waals surface area contributed by atoms with Gasteiger partial charge in [-0.3, -0.25) is 0 Å². The van der Waals surface area contributed by atoms with Gasteiger partial charge in [-0.25, -0.2) is 9.79 Å². The van der Waals surface area contributed by atoms with Gasteiger partial charge >= 0.3 is 6.09 Å². The van der Waals surface area contributed by atoms with Crippen molar-refractivity contribution in [3.63, 3.8) is 0 Å². The average molecular weight is 406 g/mol. The number of aryl methyl sites for hydroxylation is 1. The summed E-state index contributed by atoms with van der Waals surface area (Å²) in [5.74, 6) is 1.54. The van der Waals surface area contributed by atoms with E-state index in [1.165, 1.54) is 0 Å². The van der Waals surface area contributed by atoms with Crippen LogP contribution in [0.2, 0.25) is 0 Å². The first-order valence-electron chi connectivity index (χ1n) is 10.8. The van der Waals surface area contributed by atoms with Crippen LogP contribution >= 0.6 is 0 Å². The Morgan fingerprint density at radius 2 is 2.00 bits per heavy atom. The van der Waals surface area contributed by atoms with Crippen LogP contribution in [-0.2, 0) is 17.7 Å². The summed E-state index contributed by atoms with van der Waals surface area (Å²) >= 11 is 0. The Bertz CT molecular complexity index is 710. The smallest absolute Gasteiger partial charge is 0.410 e. The number of rotatable bonds is 5. The Morgan fingerprint density at radius 1 is 1.31 bits per heavy atom. The van der Waals surface area contributed by atoms with Crippen LogP contribution < -0.4 is 10.6 Å². The standard InChI is InChI=1S/C21H35N5O3/c1-6-14-12-18(29-25-14)13-23-19(22-7-2)24-15-10-16-8-9-17(11-15)26(16)20(27)28-21(3,4)5/h12,15-17H,6-11,13H2,1-5H3,(H2,22,23,24). The van der Waals surface area contributed by atoms with E-state index in [4.69, 9.17) is 9.26 Å². The minimum Gasteiger partial charge on any atom is -0.444 e. The second-order valence-electron chi connectivity index (χ2n) is 8.92. The number of ether oxygens (including phenoxy) is 1. The zero-order chi connectivity index (χ0) is 21.0. The van der Waals surface area contributed by atoms with E-state index in [2.05, 4.69) is 34.6 Å². The molecule has 3 heterocycles. The van der Waals surface area contributed by atoms with Gasteiger partial charge in [0.25, 0.3) is 0 Å². The van der Waals surface area contributed by atoms with Crippen LogP contribution in [0.5, 0.6) is 0 Å². The first-order valence-corrected chi connectivity index (χ1v) is 10.8. The van der Waals surface area contributed by atoms with Crippen LogP contribution in [0.1, 0.15) is 71.8 Å². The molecule has 8 nitrogen and oxygen atoms in total. The molecule has 2 atom stereocenters. The molecule has 1 aromatic rings. The molecular weight excluding hydrogens is 370 g/mol. The zero-order valence-corrected chi connectivity index (χ0v) is 18.3. The average Bonchev–Trinajstić information content (AvgIpc) is 3.21. The number of piperidine rings is 1. The third-order valence-corrected chi connectivity index (χ3v) is 5.39. The number of nitrogens with zero attached hydrogens (tertiary/aromatic N) is 3. The van der Waals surface area contributed by atoms with E-state index < -0.39 is 5.60 Å². The summed E-state index contributed by atoms with van der Waals surface area (Å²) in [5.41, 5.74) is 0.480. The Hall–Kier alpha value is -2.25. The molecule has 0 aromatic carbocycles. The Morgan fingerprint density at radius 3 is 2.55 bits per heavy atom. The van der Waals surface area contributed by atoms with Crippen molar-refractivity contribution < 1.29 is 14.1 Å². The van der Waals surface area contributed by atoms with Gasteiger partial charge in [0.2, 0.25) is 0 Å². The number of hydrogen-bond donors (Lipinski definition) is 2. The van der Waals surface area contributed by atoms with Crippen LogP contribution in [-0.4, -0.2) is 52.4 Å². The van der Waals surface area contributed by atoms with Crippen LogP contribution in [0.25, 0.3) is 0 Å². The third-order valence-electron chi connectivity index (χ3n) is 5.39. The van der Waals surface area contributed by atoms with E-state index in [-0.39, 0.29) is 24.2 Å². The van der Waals surface area contributed by atoms with Crippen LogP contribution in [0.15, 0.2) is 15.6 Å². The van der Waals surface area contributed by atoms with E-state index >= 15 is 0 Å². The Balaban J connectivity index is 1.59. The van der Waals surface area contributed by atoms with Gasteiger partial charge in [-0.05, 0) is 59.8 Å². The summed E-state index contributed by atoms with van der Waals surface area (Å²) in [6.45, 7) is 11.1. The lowest BCUT2D eigenvalue weighted by molar-refractivity contribution is 0.00545. The summed E-state index contributed by atoms with van der Waals surface area (Å²) in [6.07, 6.45) is 4.55. The lowest BCUT2D eigenvalue weighted by atomic mass is 9.98. The van der Waals surface area contributed by atoms with E-state index in [0.717, 1.165) is 56.1 Å². The second-order valence-corrected chi connectivity index (χ2v) is 8.92. The number of nitrogens with one attached hydrogen (secondary N) is 2. The van der Waals surface area contributed by atoms with Crippen molar-refractivity contribution in [3.05, 3.63) is 17.5 Å². The van der Waals surface area contributed by atoms with Crippen molar-refractivity contribution in [1.29, 1.82) is 0 Å². The predicted octanol–water partition coefficient (Wildman–Crippen LogP) is 3.22. The highest BCUT2D eigenvalue weighted by atomic mass is 16.6. The first kappa shape index (κ1) is 21.5. The fourth-order valence-corrected chi connectivity index (χ4v) is 4.17. The predicted molar refractivity (Wildman–Crippen MR) is 112 cm³/mol. The summed E-state index contributed by atoms with van der Waals surface area (Å²) in [4.78, 5) is 19.2. The zero-order valence-electron chi connectivity index (χ0n) is 18.3. The number of carbonyl (C=O) groups excluding carboxylic acids is 1. The highest BCUT2D eigenvalue weighted by Crippen LogP contribution is 2.36. The van der Waals surface area contributed by atoms with Gasteiger partial charge in [0.15, 0.2) is 11.7 Å². The molecule has 2 bridgehead atoms. The summed E-state index contributed by atoms with van der Waals surface area (Å²) in [6, 6.07) is 2.69. The normalized spacial score (nSPS) is 24.5. The maximum atomic E-state index is 12.6. The minimum atomic E-state index is -0.463. The Labute approximate surface area is 173 Å². The maximum absolute atomic E-state index is 12.6. The molecule has 2 aliphatic heterocycles. The molecule has 1 aromatic heterocycles. The van der Waals surface area contributed by atoms with Gasteiger partial charge in [0, 0.05) is 30.7 Å². The molecule has 3 rings (SSSR count). The van der Waals surface area contributed by atoms with E-state index in [1.54, 1.807) is 0 Å². The molecular formula is C21H35N5O3. The molecule has 0 aliphatic carbocycles. The van der Waals surface area contributed by atoms with E-state index in [0.29, 0.717) is 6.54 Å². The molecule has 29 heavy (non-hydrogen) atoms. The molecule has 2 N–H and O–H groups in total. The number of aliphatic imine (C=N–C) groups is 1. The van der Waals surface area contributed by atoms with E-state index in [1.807, 2.05) is 31.7 Å². The summed E-state index contributed by atoms with van der Waals surface area (Å²) in [7, 11) is 0. The second kappa shape index (κ2) is 9.05. The highest BCUT2D eigenvalue weighted by Gasteiger charge is 2.45. The molecule has 2 aliphatic rings. The van der Waals surface area contributed by atoms with Gasteiger partial charge in [-0.15, -0.1) is 0 Å². The monoisotopic (exact) mass is 405 g/mol. The van der Waals surface area contributed by atoms with Crippen molar-refractivity contribution in [3.8, 4) is 0 Å². The van der Waals surface area contributed by atoms with Crippen LogP contribution in [0.3, 0.4) is 0 Å². The quantitative estimate of drug-likeness (QED) is 0.577. The van der Waals surface area contributed by atoms with Crippen molar-refractivity contribution in [2.45, 2.75) is 97.0 Å². The minimum absolute atomic E-state index is 0.180. The lowest BCUT2D eigenvalue weighted by Gasteiger charge is -2.40. The number of guanidine groups is 1. The summed E-state index contributed by atoms with van der Waals surface area (Å²) in [5, 5.41) is 10.9. The van der Waals surface area contributed by atoms with Gasteiger partial charge in [-0.1, -0.05) is 12.1 Å². The van der Waals surface area contributed by atoms with E-state index in [9.17, 15) is 4.79 Å². The molecule has 0 saturated carbocycles. The Kier molecular flexibility index (Phi) is 6.70. The maximum Gasteiger partial charge on any atom is 0.410 e. The molecule has 2 saturated heterocycles. The molecule has 2 unspecified atom stereocenters. The topological polar surface area (TPSA) is 92.0 Å². The van der Waals surface area contributed by atoms with Crippen molar-refractivity contribution in [1.82, 2.24) is 20.7 Å². The van der Waals surface area contributed by atoms with Gasteiger partial charge in [-0.2, -0.15) is 0 Å². The van der Waals surface area contributed by atoms with Gasteiger partial charge < -0.3 is 24.8 Å². The number of aromatic nitrogens is 1. The largest absolute Gasteiger partial charge is 0.444 e. The van der Waals surface area contributed by atoms with Gasteiger partial charge in [0.05, 0.1) is 5.69 Å². The van der Waals surface area contributed by atoms with Crippen molar-refractivity contribution >= 4 is 12.1 Å². The fourth-order valence-electron chi connectivity index (χ4n) is 4.17. The molecule has 1 amide bonds. The molecule has 8 heteroatoms. The number of fused-ring (bicyclic) bond motifs is 2. The van der Waals surface area contributed by atoms with Crippen LogP contribution in [0.4, 0.5) is 4.79 Å². The third kappa shape index (κ3) is 5.64. The first-order chi connectivity index (χ1) is 13.8. The molecule has 0 spiro atoms.